The first-order chi connectivity index (χ1) is 12.3. The van der Waals surface area contributed by atoms with E-state index in [4.69, 9.17) is 4.74 Å². The first kappa shape index (κ1) is 16.3. The highest BCUT2D eigenvalue weighted by Gasteiger charge is 2.22. The van der Waals surface area contributed by atoms with Crippen LogP contribution in [0.1, 0.15) is 37.2 Å². The maximum Gasteiger partial charge on any atom is 0.218 e. The van der Waals surface area contributed by atoms with Gasteiger partial charge in [-0.15, -0.1) is 0 Å². The van der Waals surface area contributed by atoms with Crippen molar-refractivity contribution in [3.63, 3.8) is 0 Å². The van der Waals surface area contributed by atoms with Gasteiger partial charge >= 0.3 is 0 Å². The van der Waals surface area contributed by atoms with E-state index in [1.54, 1.807) is 13.4 Å². The smallest absolute Gasteiger partial charge is 0.218 e. The van der Waals surface area contributed by atoms with Gasteiger partial charge in [-0.2, -0.15) is 0 Å². The van der Waals surface area contributed by atoms with E-state index in [1.165, 1.54) is 24.4 Å². The Kier molecular flexibility index (Phi) is 4.83. The van der Waals surface area contributed by atoms with Crippen LogP contribution < -0.4 is 10.1 Å². The zero-order chi connectivity index (χ0) is 17.1. The number of likely N-dealkylation sites (tertiary alicyclic amines) is 1. The summed E-state index contributed by atoms with van der Waals surface area (Å²) in [4.78, 5) is 15.5. The lowest BCUT2D eigenvalue weighted by molar-refractivity contribution is 0.205. The van der Waals surface area contributed by atoms with Gasteiger partial charge in [-0.3, -0.25) is 4.90 Å². The Hall–Kier alpha value is -2.15. The molecule has 0 bridgehead atoms. The zero-order valence-corrected chi connectivity index (χ0v) is 14.8. The molecule has 0 unspecified atom stereocenters. The Balaban J connectivity index is 1.30. The topological polar surface area (TPSA) is 68.1 Å². The van der Waals surface area contributed by atoms with Crippen molar-refractivity contribution in [1.29, 1.82) is 0 Å². The fraction of sp³-hybridized carbons (Fsp3) is 0.611. The maximum absolute atomic E-state index is 5.16. The molecule has 1 N–H and O–H groups in total. The Labute approximate surface area is 148 Å². The van der Waals surface area contributed by atoms with E-state index in [1.807, 2.05) is 6.07 Å². The third kappa shape index (κ3) is 3.76. The van der Waals surface area contributed by atoms with Crippen LogP contribution in [0.3, 0.4) is 0 Å². The van der Waals surface area contributed by atoms with Gasteiger partial charge in [-0.1, -0.05) is 0 Å². The van der Waals surface area contributed by atoms with Gasteiger partial charge in [0.05, 0.1) is 12.8 Å². The number of fused-ring (bicyclic) bond motifs is 1. The number of rotatable bonds is 5. The SMILES string of the molecule is COc1cc(NC2CCN(Cc3cnc4n3CCCC4)CC2)ncn1. The number of imidazole rings is 1. The van der Waals surface area contributed by atoms with Gasteiger partial charge in [-0.25, -0.2) is 15.0 Å². The number of hydrogen-bond donors (Lipinski definition) is 1. The van der Waals surface area contributed by atoms with Gasteiger partial charge in [0.2, 0.25) is 5.88 Å². The molecule has 1 fully saturated rings. The molecule has 134 valence electrons. The van der Waals surface area contributed by atoms with E-state index >= 15 is 0 Å². The number of aromatic nitrogens is 4. The highest BCUT2D eigenvalue weighted by atomic mass is 16.5. The molecule has 0 radical (unpaired) electrons. The highest BCUT2D eigenvalue weighted by Crippen LogP contribution is 2.21. The summed E-state index contributed by atoms with van der Waals surface area (Å²) in [5.74, 6) is 2.71. The van der Waals surface area contributed by atoms with Gasteiger partial charge in [0.1, 0.15) is 18.0 Å². The predicted octanol–water partition coefficient (Wildman–Crippen LogP) is 2.09. The number of piperidine rings is 1. The predicted molar refractivity (Wildman–Crippen MR) is 95.7 cm³/mol. The summed E-state index contributed by atoms with van der Waals surface area (Å²) in [7, 11) is 1.62. The molecule has 0 atom stereocenters. The normalized spacial score (nSPS) is 18.8. The minimum atomic E-state index is 0.454. The van der Waals surface area contributed by atoms with E-state index in [9.17, 15) is 0 Å². The molecule has 25 heavy (non-hydrogen) atoms. The van der Waals surface area contributed by atoms with Crippen LogP contribution >= 0.6 is 0 Å². The first-order valence-corrected chi connectivity index (χ1v) is 9.20. The summed E-state index contributed by atoms with van der Waals surface area (Å²) in [5, 5.41) is 3.51. The molecule has 1 saturated heterocycles. The van der Waals surface area contributed by atoms with Gasteiger partial charge < -0.3 is 14.6 Å². The number of ether oxygens (including phenoxy) is 1. The summed E-state index contributed by atoms with van der Waals surface area (Å²) >= 11 is 0. The molecule has 0 aromatic carbocycles. The van der Waals surface area contributed by atoms with Crippen LogP contribution in [0.5, 0.6) is 5.88 Å². The molecule has 2 aliphatic heterocycles. The standard InChI is InChI=1S/C18H26N6O/c1-25-18-10-16(20-13-21-18)22-14-5-8-23(9-6-14)12-15-11-19-17-4-2-3-7-24(15)17/h10-11,13-14H,2-9,12H2,1H3,(H,20,21,22). The largest absolute Gasteiger partial charge is 0.481 e. The van der Waals surface area contributed by atoms with Crippen LogP contribution in [0.25, 0.3) is 0 Å². The monoisotopic (exact) mass is 342 g/mol. The fourth-order valence-electron chi connectivity index (χ4n) is 3.81. The van der Waals surface area contributed by atoms with Crippen LogP contribution in [0.15, 0.2) is 18.6 Å². The van der Waals surface area contributed by atoms with Crippen molar-refractivity contribution in [1.82, 2.24) is 24.4 Å². The first-order valence-electron chi connectivity index (χ1n) is 9.20. The second kappa shape index (κ2) is 7.39. The molecule has 4 rings (SSSR count). The lowest BCUT2D eigenvalue weighted by Crippen LogP contribution is -2.39. The van der Waals surface area contributed by atoms with Crippen LogP contribution in [0, 0.1) is 0 Å². The maximum atomic E-state index is 5.16. The number of hydrogen-bond acceptors (Lipinski definition) is 6. The van der Waals surface area contributed by atoms with E-state index in [2.05, 4.69) is 35.9 Å². The molecule has 7 heteroatoms. The van der Waals surface area contributed by atoms with Crippen molar-refractivity contribution in [2.75, 3.05) is 25.5 Å². The lowest BCUT2D eigenvalue weighted by atomic mass is 10.0. The summed E-state index contributed by atoms with van der Waals surface area (Å²) in [6.07, 6.45) is 9.55. The van der Waals surface area contributed by atoms with Crippen LogP contribution in [0.2, 0.25) is 0 Å². The van der Waals surface area contributed by atoms with Crippen molar-refractivity contribution >= 4 is 5.82 Å². The molecule has 2 aromatic heterocycles. The Morgan fingerprint density at radius 2 is 2.04 bits per heavy atom. The molecule has 4 heterocycles. The van der Waals surface area contributed by atoms with E-state index in [0.717, 1.165) is 51.3 Å². The second-order valence-electron chi connectivity index (χ2n) is 6.91. The van der Waals surface area contributed by atoms with Gasteiger partial charge in [0, 0.05) is 50.9 Å². The molecule has 0 saturated carbocycles. The number of anilines is 1. The summed E-state index contributed by atoms with van der Waals surface area (Å²) in [5.41, 5.74) is 1.38. The summed E-state index contributed by atoms with van der Waals surface area (Å²) in [6.45, 7) is 4.35. The number of nitrogens with one attached hydrogen (secondary N) is 1. The average Bonchev–Trinajstić information content (AvgIpc) is 3.07. The third-order valence-electron chi connectivity index (χ3n) is 5.23. The van der Waals surface area contributed by atoms with Crippen molar-refractivity contribution in [2.45, 2.75) is 51.2 Å². The van der Waals surface area contributed by atoms with E-state index in [-0.39, 0.29) is 0 Å². The van der Waals surface area contributed by atoms with Crippen LogP contribution in [-0.4, -0.2) is 50.7 Å². The quantitative estimate of drug-likeness (QED) is 0.897. The number of nitrogens with zero attached hydrogens (tertiary/aromatic N) is 5. The van der Waals surface area contributed by atoms with Crippen molar-refractivity contribution in [3.05, 3.63) is 30.1 Å². The molecule has 2 aliphatic rings. The van der Waals surface area contributed by atoms with Crippen molar-refractivity contribution < 1.29 is 4.74 Å². The second-order valence-corrected chi connectivity index (χ2v) is 6.91. The Morgan fingerprint density at radius 3 is 2.88 bits per heavy atom. The lowest BCUT2D eigenvalue weighted by Gasteiger charge is -2.32. The summed E-state index contributed by atoms with van der Waals surface area (Å²) in [6, 6.07) is 2.31. The van der Waals surface area contributed by atoms with Gasteiger partial charge in [0.15, 0.2) is 0 Å². The van der Waals surface area contributed by atoms with E-state index < -0.39 is 0 Å². The number of methoxy groups -OCH3 is 1. The van der Waals surface area contributed by atoms with Gasteiger partial charge in [-0.05, 0) is 25.7 Å². The molecule has 7 nitrogen and oxygen atoms in total. The van der Waals surface area contributed by atoms with Gasteiger partial charge in [0.25, 0.3) is 0 Å². The van der Waals surface area contributed by atoms with E-state index in [0.29, 0.717) is 11.9 Å². The minimum absolute atomic E-state index is 0.454. The molecule has 0 amide bonds. The van der Waals surface area contributed by atoms with Crippen LogP contribution in [-0.2, 0) is 19.5 Å². The van der Waals surface area contributed by atoms with Crippen molar-refractivity contribution in [2.24, 2.45) is 0 Å². The minimum Gasteiger partial charge on any atom is -0.481 e. The molecule has 2 aromatic rings. The molecule has 0 aliphatic carbocycles. The summed E-state index contributed by atoms with van der Waals surface area (Å²) < 4.78 is 7.59. The highest BCUT2D eigenvalue weighted by molar-refractivity contribution is 5.38. The Bertz CT molecular complexity index is 707. The number of aryl methyl sites for hydroxylation is 1. The molecular weight excluding hydrogens is 316 g/mol. The van der Waals surface area contributed by atoms with Crippen molar-refractivity contribution in [3.8, 4) is 5.88 Å². The Morgan fingerprint density at radius 1 is 1.16 bits per heavy atom. The molecule has 0 spiro atoms. The molecular formula is C18H26N6O. The fourth-order valence-corrected chi connectivity index (χ4v) is 3.81. The average molecular weight is 342 g/mol. The third-order valence-corrected chi connectivity index (χ3v) is 5.23. The zero-order valence-electron chi connectivity index (χ0n) is 14.8. The van der Waals surface area contributed by atoms with Crippen LogP contribution in [0.4, 0.5) is 5.82 Å².